The van der Waals surface area contributed by atoms with Crippen LogP contribution in [0.3, 0.4) is 0 Å². The Morgan fingerprint density at radius 2 is 2.11 bits per heavy atom. The Balaban J connectivity index is 2.72. The van der Waals surface area contributed by atoms with E-state index in [4.69, 9.17) is 5.11 Å². The average Bonchev–Trinajstić information content (AvgIpc) is 2.30. The normalized spacial score (nSPS) is 10.6. The quantitative estimate of drug-likeness (QED) is 0.678. The number of hydrogen-bond donors (Lipinski definition) is 3. The first-order valence-corrected chi connectivity index (χ1v) is 6.36. The molecule has 1 rings (SSSR count). The number of pyridine rings is 1. The van der Waals surface area contributed by atoms with Crippen LogP contribution in [-0.2, 0) is 26.2 Å². The maximum absolute atomic E-state index is 11.4. The lowest BCUT2D eigenvalue weighted by atomic mass is 10.3. The van der Waals surface area contributed by atoms with Crippen LogP contribution < -0.4 is 9.44 Å². The van der Waals surface area contributed by atoms with Crippen molar-refractivity contribution in [2.24, 2.45) is 0 Å². The lowest BCUT2D eigenvalue weighted by Gasteiger charge is -2.08. The Morgan fingerprint density at radius 1 is 1.42 bits per heavy atom. The van der Waals surface area contributed by atoms with Gasteiger partial charge in [0.1, 0.15) is 0 Å². The minimum absolute atomic E-state index is 0.0746. The molecule has 0 fully saturated rings. The van der Waals surface area contributed by atoms with Crippen molar-refractivity contribution in [2.45, 2.75) is 6.42 Å². The first-order chi connectivity index (χ1) is 8.82. The zero-order valence-electron chi connectivity index (χ0n) is 9.78. The van der Waals surface area contributed by atoms with E-state index in [2.05, 4.69) is 9.72 Å². The van der Waals surface area contributed by atoms with Crippen LogP contribution in [0.2, 0.25) is 0 Å². The predicted octanol–water partition coefficient (Wildman–Crippen LogP) is -0.279. The molecule has 1 heterocycles. The summed E-state index contributed by atoms with van der Waals surface area (Å²) >= 11 is 0. The van der Waals surface area contributed by atoms with E-state index in [1.165, 1.54) is 12.1 Å². The second-order valence-corrected chi connectivity index (χ2v) is 4.72. The molecule has 0 spiro atoms. The second-order valence-electron chi connectivity index (χ2n) is 3.31. The van der Waals surface area contributed by atoms with E-state index in [-0.39, 0.29) is 17.8 Å². The number of ether oxygens (including phenoxy) is 1. The number of carboxylic acids is 1. The largest absolute Gasteiger partial charge is 0.481 e. The van der Waals surface area contributed by atoms with Gasteiger partial charge in [0.05, 0.1) is 31.1 Å². The molecule has 1 amide bonds. The van der Waals surface area contributed by atoms with Gasteiger partial charge in [-0.1, -0.05) is 0 Å². The van der Waals surface area contributed by atoms with Gasteiger partial charge >= 0.3 is 22.3 Å². The maximum atomic E-state index is 11.4. The van der Waals surface area contributed by atoms with Crippen LogP contribution in [0, 0.1) is 0 Å². The van der Waals surface area contributed by atoms with Gasteiger partial charge in [-0.05, 0) is 12.1 Å². The maximum Gasteiger partial charge on any atom is 0.422 e. The van der Waals surface area contributed by atoms with Gasteiger partial charge in [-0.3, -0.25) is 14.5 Å². The highest BCUT2D eigenvalue weighted by molar-refractivity contribution is 7.91. The van der Waals surface area contributed by atoms with Crippen molar-refractivity contribution in [3.05, 3.63) is 24.0 Å². The van der Waals surface area contributed by atoms with Crippen LogP contribution in [0.25, 0.3) is 0 Å². The van der Waals surface area contributed by atoms with Gasteiger partial charge in [0.15, 0.2) is 0 Å². The van der Waals surface area contributed by atoms with Crippen LogP contribution in [-0.4, -0.2) is 37.7 Å². The molecule has 104 valence electrons. The number of methoxy groups -OCH3 is 1. The molecule has 10 heteroatoms. The van der Waals surface area contributed by atoms with Crippen molar-refractivity contribution in [1.29, 1.82) is 0 Å². The number of rotatable bonds is 5. The summed E-state index contributed by atoms with van der Waals surface area (Å²) < 4.78 is 30.5. The number of carbonyl (C=O) groups is 2. The molecule has 1 aromatic heterocycles. The predicted molar refractivity (Wildman–Crippen MR) is 63.7 cm³/mol. The lowest BCUT2D eigenvalue weighted by Crippen LogP contribution is -2.35. The summed E-state index contributed by atoms with van der Waals surface area (Å²) in [4.78, 5) is 24.9. The number of nitrogens with one attached hydrogen (secondary N) is 2. The van der Waals surface area contributed by atoms with E-state index in [0.29, 0.717) is 0 Å². The molecule has 3 N–H and O–H groups in total. The zero-order chi connectivity index (χ0) is 14.5. The Kier molecular flexibility index (Phi) is 4.64. The van der Waals surface area contributed by atoms with E-state index in [0.717, 1.165) is 13.3 Å². The minimum Gasteiger partial charge on any atom is -0.481 e. The fourth-order valence-electron chi connectivity index (χ4n) is 1.08. The first kappa shape index (κ1) is 14.7. The fourth-order valence-corrected chi connectivity index (χ4v) is 1.86. The highest BCUT2D eigenvalue weighted by atomic mass is 32.2. The number of hydrogen-bond acceptors (Lipinski definition) is 6. The number of aliphatic carboxylic acids is 1. The SMILES string of the molecule is COC(=O)NS(=O)(=O)Nc1ccc(CC(=O)O)nc1. The molecule has 19 heavy (non-hydrogen) atoms. The average molecular weight is 289 g/mol. The molecular weight excluding hydrogens is 278 g/mol. The van der Waals surface area contributed by atoms with Crippen molar-refractivity contribution in [3.63, 3.8) is 0 Å². The fraction of sp³-hybridized carbons (Fsp3) is 0.222. The highest BCUT2D eigenvalue weighted by Crippen LogP contribution is 2.08. The third-order valence-electron chi connectivity index (χ3n) is 1.81. The Morgan fingerprint density at radius 3 is 2.58 bits per heavy atom. The van der Waals surface area contributed by atoms with Crippen LogP contribution in [0.5, 0.6) is 0 Å². The monoisotopic (exact) mass is 289 g/mol. The summed E-state index contributed by atoms with van der Waals surface area (Å²) in [6.07, 6.45) is -0.273. The molecule has 0 aliphatic heterocycles. The summed E-state index contributed by atoms with van der Waals surface area (Å²) in [7, 11) is -3.09. The molecule has 0 saturated heterocycles. The molecular formula is C9H11N3O6S. The van der Waals surface area contributed by atoms with Gasteiger partial charge in [-0.15, -0.1) is 0 Å². The van der Waals surface area contributed by atoms with Gasteiger partial charge in [-0.25, -0.2) is 9.52 Å². The summed E-state index contributed by atoms with van der Waals surface area (Å²) in [5, 5.41) is 8.54. The van der Waals surface area contributed by atoms with Crippen molar-refractivity contribution < 1.29 is 27.9 Å². The number of carbonyl (C=O) groups excluding carboxylic acids is 1. The van der Waals surface area contributed by atoms with Gasteiger partial charge in [0.25, 0.3) is 0 Å². The molecule has 0 unspecified atom stereocenters. The number of anilines is 1. The zero-order valence-corrected chi connectivity index (χ0v) is 10.6. The topological polar surface area (TPSA) is 135 Å². The van der Waals surface area contributed by atoms with Crippen molar-refractivity contribution in [3.8, 4) is 0 Å². The Labute approximate surface area is 108 Å². The van der Waals surface area contributed by atoms with Crippen molar-refractivity contribution in [1.82, 2.24) is 9.71 Å². The molecule has 0 bridgehead atoms. The van der Waals surface area contributed by atoms with Crippen LogP contribution >= 0.6 is 0 Å². The third kappa shape index (κ3) is 5.21. The molecule has 0 radical (unpaired) electrons. The van der Waals surface area contributed by atoms with Crippen LogP contribution in [0.15, 0.2) is 18.3 Å². The number of amides is 1. The number of nitrogens with zero attached hydrogens (tertiary/aromatic N) is 1. The summed E-state index contributed by atoms with van der Waals surface area (Å²) in [6.45, 7) is 0. The van der Waals surface area contributed by atoms with Crippen LogP contribution in [0.4, 0.5) is 10.5 Å². The molecule has 0 aromatic carbocycles. The Hall–Kier alpha value is -2.36. The van der Waals surface area contributed by atoms with E-state index in [1.807, 2.05) is 4.72 Å². The molecule has 0 aliphatic carbocycles. The van der Waals surface area contributed by atoms with E-state index < -0.39 is 22.3 Å². The van der Waals surface area contributed by atoms with E-state index in [1.54, 1.807) is 4.72 Å². The Bertz CT molecular complexity index is 568. The van der Waals surface area contributed by atoms with Gasteiger partial charge in [-0.2, -0.15) is 8.42 Å². The van der Waals surface area contributed by atoms with E-state index >= 15 is 0 Å². The third-order valence-corrected chi connectivity index (χ3v) is 2.75. The van der Waals surface area contributed by atoms with Gasteiger partial charge < -0.3 is 9.84 Å². The number of aromatic nitrogens is 1. The molecule has 0 atom stereocenters. The van der Waals surface area contributed by atoms with Crippen molar-refractivity contribution in [2.75, 3.05) is 11.8 Å². The summed E-state index contributed by atoms with van der Waals surface area (Å²) in [6, 6.07) is 2.67. The molecule has 1 aromatic rings. The van der Waals surface area contributed by atoms with E-state index in [9.17, 15) is 18.0 Å². The summed E-state index contributed by atoms with van der Waals surface area (Å²) in [5.74, 6) is -1.05. The second kappa shape index (κ2) is 6.00. The molecule has 0 aliphatic rings. The highest BCUT2D eigenvalue weighted by Gasteiger charge is 2.14. The number of carboxylic acid groups (broad SMARTS) is 1. The lowest BCUT2D eigenvalue weighted by molar-refractivity contribution is -0.136. The molecule has 9 nitrogen and oxygen atoms in total. The summed E-state index contributed by atoms with van der Waals surface area (Å²) in [5.41, 5.74) is 0.349. The minimum atomic E-state index is -4.11. The van der Waals surface area contributed by atoms with Gasteiger partial charge in [0.2, 0.25) is 0 Å². The smallest absolute Gasteiger partial charge is 0.422 e. The first-order valence-electron chi connectivity index (χ1n) is 4.87. The van der Waals surface area contributed by atoms with Crippen LogP contribution in [0.1, 0.15) is 5.69 Å². The van der Waals surface area contributed by atoms with Crippen molar-refractivity contribution >= 4 is 28.0 Å². The molecule has 0 saturated carbocycles. The standard InChI is InChI=1S/C9H11N3O6S/c1-18-9(15)12-19(16,17)11-7-3-2-6(10-5-7)4-8(13)14/h2-3,5,11H,4H2,1H3,(H,12,15)(H,13,14). The van der Waals surface area contributed by atoms with Gasteiger partial charge in [0, 0.05) is 0 Å².